The van der Waals surface area contributed by atoms with Crippen LogP contribution in [0.2, 0.25) is 5.02 Å². The molecular weight excluding hydrogens is 342 g/mol. The number of aliphatic imine (C=N–C) groups is 1. The minimum Gasteiger partial charge on any atom is -0.486 e. The number of halogens is 1. The molecule has 8 heteroatoms. The Kier molecular flexibility index (Phi) is 5.65. The number of guanidine groups is 1. The summed E-state index contributed by atoms with van der Waals surface area (Å²) < 4.78 is 13.0. The van der Waals surface area contributed by atoms with Gasteiger partial charge in [-0.3, -0.25) is 9.67 Å². The van der Waals surface area contributed by atoms with E-state index in [-0.39, 0.29) is 0 Å². The number of hydrogen-bond acceptors (Lipinski definition) is 4. The highest BCUT2D eigenvalue weighted by atomic mass is 35.5. The number of nitrogens with one attached hydrogen (secondary N) is 2. The van der Waals surface area contributed by atoms with Crippen LogP contribution in [0.4, 0.5) is 0 Å². The first kappa shape index (κ1) is 17.4. The Morgan fingerprint density at radius 2 is 2.16 bits per heavy atom. The highest BCUT2D eigenvalue weighted by Crippen LogP contribution is 2.38. The van der Waals surface area contributed by atoms with Crippen molar-refractivity contribution in [3.05, 3.63) is 40.7 Å². The third-order valence-corrected chi connectivity index (χ3v) is 4.23. The Morgan fingerprint density at radius 3 is 2.92 bits per heavy atom. The number of ether oxygens (including phenoxy) is 2. The van der Waals surface area contributed by atoms with Crippen LogP contribution in [-0.4, -0.2) is 42.5 Å². The van der Waals surface area contributed by atoms with Crippen LogP contribution in [0.3, 0.4) is 0 Å². The lowest BCUT2D eigenvalue weighted by molar-refractivity contribution is 0.171. The van der Waals surface area contributed by atoms with Crippen molar-refractivity contribution in [2.75, 3.05) is 26.8 Å². The molecule has 0 radical (unpaired) electrons. The molecule has 0 bridgehead atoms. The second-order valence-corrected chi connectivity index (χ2v) is 6.06. The van der Waals surface area contributed by atoms with Crippen molar-refractivity contribution >= 4 is 17.6 Å². The van der Waals surface area contributed by atoms with Crippen LogP contribution in [0.15, 0.2) is 29.4 Å². The van der Waals surface area contributed by atoms with Gasteiger partial charge in [0, 0.05) is 26.8 Å². The molecule has 1 aliphatic heterocycles. The molecule has 0 amide bonds. The average Bonchev–Trinajstić information content (AvgIpc) is 3.03. The largest absolute Gasteiger partial charge is 0.486 e. The molecule has 25 heavy (non-hydrogen) atoms. The molecule has 2 heterocycles. The van der Waals surface area contributed by atoms with Crippen LogP contribution in [0, 0.1) is 0 Å². The first-order valence-corrected chi connectivity index (χ1v) is 8.54. The number of benzene rings is 1. The maximum absolute atomic E-state index is 6.27. The Morgan fingerprint density at radius 1 is 1.32 bits per heavy atom. The Labute approximate surface area is 152 Å². The smallest absolute Gasteiger partial charge is 0.191 e. The van der Waals surface area contributed by atoms with Crippen LogP contribution >= 0.6 is 11.6 Å². The van der Waals surface area contributed by atoms with Crippen LogP contribution in [0.5, 0.6) is 11.5 Å². The van der Waals surface area contributed by atoms with Crippen molar-refractivity contribution in [1.82, 2.24) is 20.4 Å². The number of fused-ring (bicyclic) bond motifs is 1. The zero-order valence-corrected chi connectivity index (χ0v) is 15.1. The summed E-state index contributed by atoms with van der Waals surface area (Å²) in [6.07, 6.45) is 2.57. The van der Waals surface area contributed by atoms with Crippen LogP contribution < -0.4 is 20.1 Å². The highest BCUT2D eigenvalue weighted by Gasteiger charge is 2.16. The molecule has 0 spiro atoms. The van der Waals surface area contributed by atoms with Crippen molar-refractivity contribution in [2.24, 2.45) is 12.0 Å². The molecule has 7 nitrogen and oxygen atoms in total. The monoisotopic (exact) mass is 363 g/mol. The molecule has 2 N–H and O–H groups in total. The van der Waals surface area contributed by atoms with Gasteiger partial charge in [0.2, 0.25) is 0 Å². The lowest BCUT2D eigenvalue weighted by Gasteiger charge is -2.20. The zero-order chi connectivity index (χ0) is 17.6. The van der Waals surface area contributed by atoms with Crippen LogP contribution in [0.1, 0.15) is 11.3 Å². The van der Waals surface area contributed by atoms with E-state index in [1.807, 2.05) is 29.9 Å². The second-order valence-electron chi connectivity index (χ2n) is 5.65. The van der Waals surface area contributed by atoms with Gasteiger partial charge in [0.1, 0.15) is 13.2 Å². The summed E-state index contributed by atoms with van der Waals surface area (Å²) in [6.45, 7) is 2.47. The molecular formula is C17H22ClN5O2. The molecule has 1 aliphatic rings. The topological polar surface area (TPSA) is 72.7 Å². The van der Waals surface area contributed by atoms with Gasteiger partial charge < -0.3 is 20.1 Å². The maximum atomic E-state index is 6.27. The fourth-order valence-electron chi connectivity index (χ4n) is 2.60. The van der Waals surface area contributed by atoms with E-state index in [0.717, 1.165) is 30.2 Å². The predicted octanol–water partition coefficient (Wildman–Crippen LogP) is 1.75. The number of rotatable bonds is 5. The SMILES string of the molecule is CN=C(NCCc1cc(Cl)c2c(c1)OCCO2)NCc1ccnn1C. The minimum atomic E-state index is 0.534. The van der Waals surface area contributed by atoms with E-state index in [1.54, 1.807) is 13.2 Å². The summed E-state index contributed by atoms with van der Waals surface area (Å²) in [5, 5.41) is 11.3. The van der Waals surface area contributed by atoms with E-state index in [9.17, 15) is 0 Å². The highest BCUT2D eigenvalue weighted by molar-refractivity contribution is 6.32. The van der Waals surface area contributed by atoms with Gasteiger partial charge >= 0.3 is 0 Å². The van der Waals surface area contributed by atoms with E-state index in [2.05, 4.69) is 20.7 Å². The van der Waals surface area contributed by atoms with Crippen molar-refractivity contribution in [3.63, 3.8) is 0 Å². The maximum Gasteiger partial charge on any atom is 0.191 e. The standard InChI is InChI=1S/C17H22ClN5O2/c1-19-17(21-11-13-4-6-22-23(13)2)20-5-3-12-9-14(18)16-15(10-12)24-7-8-25-16/h4,6,9-10H,3,5,7-8,11H2,1-2H3,(H2,19,20,21). The molecule has 0 saturated carbocycles. The average molecular weight is 364 g/mol. The van der Waals surface area contributed by atoms with Gasteiger partial charge in [0.25, 0.3) is 0 Å². The molecule has 0 atom stereocenters. The number of hydrogen-bond donors (Lipinski definition) is 2. The molecule has 2 aromatic rings. The Balaban J connectivity index is 1.51. The lowest BCUT2D eigenvalue weighted by atomic mass is 10.1. The Hall–Kier alpha value is -2.41. The number of nitrogens with zero attached hydrogens (tertiary/aromatic N) is 3. The van der Waals surface area contributed by atoms with Gasteiger partial charge in [-0.1, -0.05) is 11.6 Å². The fourth-order valence-corrected chi connectivity index (χ4v) is 2.89. The molecule has 134 valence electrons. The van der Waals surface area contributed by atoms with E-state index < -0.39 is 0 Å². The zero-order valence-electron chi connectivity index (χ0n) is 14.4. The number of aryl methyl sites for hydroxylation is 1. The minimum absolute atomic E-state index is 0.534. The van der Waals surface area contributed by atoms with Gasteiger partial charge in [0.15, 0.2) is 17.5 Å². The van der Waals surface area contributed by atoms with Gasteiger partial charge in [-0.15, -0.1) is 0 Å². The van der Waals surface area contributed by atoms with E-state index in [1.165, 1.54) is 0 Å². The predicted molar refractivity (Wildman–Crippen MR) is 97.6 cm³/mol. The van der Waals surface area contributed by atoms with Crippen LogP contribution in [-0.2, 0) is 20.0 Å². The van der Waals surface area contributed by atoms with E-state index >= 15 is 0 Å². The summed E-state index contributed by atoms with van der Waals surface area (Å²) in [5.41, 5.74) is 2.17. The van der Waals surface area contributed by atoms with Crippen molar-refractivity contribution in [2.45, 2.75) is 13.0 Å². The lowest BCUT2D eigenvalue weighted by Crippen LogP contribution is -2.38. The van der Waals surface area contributed by atoms with E-state index in [4.69, 9.17) is 21.1 Å². The molecule has 0 saturated heterocycles. The first-order valence-electron chi connectivity index (χ1n) is 8.17. The van der Waals surface area contributed by atoms with E-state index in [0.29, 0.717) is 36.3 Å². The normalized spacial score (nSPS) is 13.6. The van der Waals surface area contributed by atoms with Gasteiger partial charge in [-0.25, -0.2) is 0 Å². The second kappa shape index (κ2) is 8.11. The molecule has 0 fully saturated rings. The van der Waals surface area contributed by atoms with Gasteiger partial charge in [-0.05, 0) is 30.2 Å². The molecule has 1 aromatic heterocycles. The fraction of sp³-hybridized carbons (Fsp3) is 0.412. The van der Waals surface area contributed by atoms with Crippen molar-refractivity contribution in [3.8, 4) is 11.5 Å². The van der Waals surface area contributed by atoms with Crippen molar-refractivity contribution < 1.29 is 9.47 Å². The Bertz CT molecular complexity index is 759. The summed E-state index contributed by atoms with van der Waals surface area (Å²) in [7, 11) is 3.67. The molecule has 0 aliphatic carbocycles. The summed E-state index contributed by atoms with van der Waals surface area (Å²) in [4.78, 5) is 4.23. The molecule has 3 rings (SSSR count). The van der Waals surface area contributed by atoms with Crippen LogP contribution in [0.25, 0.3) is 0 Å². The summed E-state index contributed by atoms with van der Waals surface area (Å²) in [5.74, 6) is 2.09. The molecule has 1 aromatic carbocycles. The quantitative estimate of drug-likeness (QED) is 0.625. The number of aromatic nitrogens is 2. The third-order valence-electron chi connectivity index (χ3n) is 3.95. The summed E-state index contributed by atoms with van der Waals surface area (Å²) in [6, 6.07) is 5.87. The van der Waals surface area contributed by atoms with Crippen molar-refractivity contribution in [1.29, 1.82) is 0 Å². The summed E-state index contributed by atoms with van der Waals surface area (Å²) >= 11 is 6.27. The third kappa shape index (κ3) is 4.36. The van der Waals surface area contributed by atoms with Gasteiger partial charge in [0.05, 0.1) is 17.3 Å². The van der Waals surface area contributed by atoms with Gasteiger partial charge in [-0.2, -0.15) is 5.10 Å². The first-order chi connectivity index (χ1) is 12.2. The molecule has 0 unspecified atom stereocenters.